The molecule has 2 aromatic carbocycles. The molecule has 0 fully saturated rings. The van der Waals surface area contributed by atoms with Crippen molar-refractivity contribution in [2.45, 2.75) is 23.6 Å². The van der Waals surface area contributed by atoms with Crippen LogP contribution in [0.25, 0.3) is 27.8 Å². The molecule has 0 amide bonds. The minimum absolute atomic E-state index is 0.260. The van der Waals surface area contributed by atoms with Gasteiger partial charge in [-0.3, -0.25) is 9.36 Å². The second kappa shape index (κ2) is 9.22. The van der Waals surface area contributed by atoms with Gasteiger partial charge in [0, 0.05) is 11.8 Å². The van der Waals surface area contributed by atoms with Crippen molar-refractivity contribution >= 4 is 28.8 Å². The number of nitrogens with zero attached hydrogens (tertiary/aromatic N) is 3. The van der Waals surface area contributed by atoms with E-state index in [1.165, 1.54) is 25.2 Å². The van der Waals surface area contributed by atoms with Crippen LogP contribution < -0.4 is 4.74 Å². The van der Waals surface area contributed by atoms with Crippen LogP contribution in [0.15, 0.2) is 72.1 Å². The standard InChI is InChI=1S/C24H23N3O3S/c1-4-20(24(28)30-3)31-23-21-17(16-10-6-5-7-11-16)14-27(22(21)25-15-26-23)18-12-8-9-13-19(18)29-2/h5-15,20H,4H2,1-3H3. The second-order valence-corrected chi connectivity index (χ2v) is 8.06. The van der Waals surface area contributed by atoms with Gasteiger partial charge in [-0.15, -0.1) is 0 Å². The molecule has 6 nitrogen and oxygen atoms in total. The van der Waals surface area contributed by atoms with Gasteiger partial charge in [-0.25, -0.2) is 9.97 Å². The number of methoxy groups -OCH3 is 2. The predicted octanol–water partition coefficient (Wildman–Crippen LogP) is 5.14. The maximum Gasteiger partial charge on any atom is 0.319 e. The molecule has 0 radical (unpaired) electrons. The lowest BCUT2D eigenvalue weighted by atomic mass is 10.1. The monoisotopic (exact) mass is 433 g/mol. The smallest absolute Gasteiger partial charge is 0.319 e. The Hall–Kier alpha value is -3.32. The average Bonchev–Trinajstić information content (AvgIpc) is 3.23. The Morgan fingerprint density at radius 2 is 1.81 bits per heavy atom. The summed E-state index contributed by atoms with van der Waals surface area (Å²) in [7, 11) is 3.07. The van der Waals surface area contributed by atoms with Crippen LogP contribution in [0.2, 0.25) is 0 Å². The fourth-order valence-electron chi connectivity index (χ4n) is 3.54. The maximum atomic E-state index is 12.2. The van der Waals surface area contributed by atoms with Crippen molar-refractivity contribution in [1.82, 2.24) is 14.5 Å². The summed E-state index contributed by atoms with van der Waals surface area (Å²) < 4.78 is 12.6. The first-order chi connectivity index (χ1) is 15.2. The highest BCUT2D eigenvalue weighted by molar-refractivity contribution is 8.00. The third-order valence-electron chi connectivity index (χ3n) is 5.07. The number of para-hydroxylation sites is 2. The summed E-state index contributed by atoms with van der Waals surface area (Å²) >= 11 is 1.41. The van der Waals surface area contributed by atoms with Gasteiger partial charge in [-0.1, -0.05) is 61.2 Å². The first kappa shape index (κ1) is 20.9. The molecule has 2 aromatic heterocycles. The first-order valence-electron chi connectivity index (χ1n) is 9.97. The molecule has 31 heavy (non-hydrogen) atoms. The largest absolute Gasteiger partial charge is 0.495 e. The van der Waals surface area contributed by atoms with Gasteiger partial charge in [0.2, 0.25) is 0 Å². The second-order valence-electron chi connectivity index (χ2n) is 6.87. The molecular weight excluding hydrogens is 410 g/mol. The number of rotatable bonds is 7. The zero-order chi connectivity index (χ0) is 21.8. The highest BCUT2D eigenvalue weighted by Crippen LogP contribution is 2.39. The lowest BCUT2D eigenvalue weighted by Crippen LogP contribution is -2.17. The zero-order valence-electron chi connectivity index (χ0n) is 17.6. The maximum absolute atomic E-state index is 12.2. The van der Waals surface area contributed by atoms with Gasteiger partial charge in [0.25, 0.3) is 0 Å². The van der Waals surface area contributed by atoms with Gasteiger partial charge in [0.1, 0.15) is 28.0 Å². The van der Waals surface area contributed by atoms with Crippen LogP contribution in [0.1, 0.15) is 13.3 Å². The van der Waals surface area contributed by atoms with E-state index < -0.39 is 0 Å². The van der Waals surface area contributed by atoms with Crippen molar-refractivity contribution < 1.29 is 14.3 Å². The number of hydrogen-bond donors (Lipinski definition) is 0. The number of carbonyl (C=O) groups excluding carboxylic acids is 1. The van der Waals surface area contributed by atoms with Crippen molar-refractivity contribution in [2.75, 3.05) is 14.2 Å². The molecule has 0 saturated heterocycles. The van der Waals surface area contributed by atoms with Crippen LogP contribution >= 0.6 is 11.8 Å². The molecule has 4 rings (SSSR count). The van der Waals surface area contributed by atoms with Gasteiger partial charge in [0.05, 0.1) is 25.3 Å². The van der Waals surface area contributed by atoms with Gasteiger partial charge < -0.3 is 9.47 Å². The Balaban J connectivity index is 1.97. The van der Waals surface area contributed by atoms with E-state index in [9.17, 15) is 4.79 Å². The van der Waals surface area contributed by atoms with Crippen molar-refractivity contribution in [3.05, 3.63) is 67.1 Å². The molecule has 0 saturated carbocycles. The predicted molar refractivity (Wildman–Crippen MR) is 123 cm³/mol. The Morgan fingerprint density at radius 3 is 2.52 bits per heavy atom. The number of fused-ring (bicyclic) bond motifs is 1. The molecular formula is C24H23N3O3S. The molecule has 158 valence electrons. The van der Waals surface area contributed by atoms with Crippen LogP contribution in [0.4, 0.5) is 0 Å². The first-order valence-corrected chi connectivity index (χ1v) is 10.8. The molecule has 7 heteroatoms. The average molecular weight is 434 g/mol. The highest BCUT2D eigenvalue weighted by atomic mass is 32.2. The molecule has 0 aliphatic carbocycles. The fraction of sp³-hybridized carbons (Fsp3) is 0.208. The molecule has 0 spiro atoms. The molecule has 4 aromatic rings. The third kappa shape index (κ3) is 4.01. The van der Waals surface area contributed by atoms with E-state index in [-0.39, 0.29) is 11.2 Å². The summed E-state index contributed by atoms with van der Waals surface area (Å²) in [6.07, 6.45) is 4.22. The normalized spacial score (nSPS) is 12.0. The molecule has 1 atom stereocenters. The van der Waals surface area contributed by atoms with E-state index in [1.54, 1.807) is 7.11 Å². The van der Waals surface area contributed by atoms with Crippen molar-refractivity contribution in [2.24, 2.45) is 0 Å². The molecule has 0 aliphatic heterocycles. The molecule has 0 N–H and O–H groups in total. The van der Waals surface area contributed by atoms with E-state index in [0.29, 0.717) is 6.42 Å². The minimum Gasteiger partial charge on any atom is -0.495 e. The SMILES string of the molecule is CCC(Sc1ncnc2c1c(-c1ccccc1)cn2-c1ccccc1OC)C(=O)OC. The van der Waals surface area contributed by atoms with E-state index in [0.717, 1.165) is 38.6 Å². The number of aromatic nitrogens is 3. The van der Waals surface area contributed by atoms with Crippen LogP contribution in [-0.2, 0) is 9.53 Å². The highest BCUT2D eigenvalue weighted by Gasteiger charge is 2.24. The summed E-state index contributed by atoms with van der Waals surface area (Å²) in [5, 5.41) is 1.29. The van der Waals surface area contributed by atoms with Crippen LogP contribution in [0, 0.1) is 0 Å². The van der Waals surface area contributed by atoms with Crippen LogP contribution in [-0.4, -0.2) is 40.0 Å². The molecule has 0 aliphatic rings. The topological polar surface area (TPSA) is 66.2 Å². The number of carbonyl (C=O) groups is 1. The summed E-state index contributed by atoms with van der Waals surface area (Å²) in [5.74, 6) is 0.484. The number of benzene rings is 2. The minimum atomic E-state index is -0.346. The Kier molecular flexibility index (Phi) is 6.23. The van der Waals surface area contributed by atoms with Crippen molar-refractivity contribution in [3.8, 4) is 22.6 Å². The van der Waals surface area contributed by atoms with E-state index in [4.69, 9.17) is 9.47 Å². The third-order valence-corrected chi connectivity index (χ3v) is 6.41. The summed E-state index contributed by atoms with van der Waals surface area (Å²) in [6, 6.07) is 17.9. The molecule has 1 unspecified atom stereocenters. The zero-order valence-corrected chi connectivity index (χ0v) is 18.4. The fourth-order valence-corrected chi connectivity index (χ4v) is 4.59. The molecule has 2 heterocycles. The van der Waals surface area contributed by atoms with E-state index in [2.05, 4.69) is 28.3 Å². The lowest BCUT2D eigenvalue weighted by Gasteiger charge is -2.13. The van der Waals surface area contributed by atoms with Crippen molar-refractivity contribution in [3.63, 3.8) is 0 Å². The number of thioether (sulfide) groups is 1. The summed E-state index contributed by atoms with van der Waals surface area (Å²) in [6.45, 7) is 1.96. The summed E-state index contributed by atoms with van der Waals surface area (Å²) in [5.41, 5.74) is 3.67. The van der Waals surface area contributed by atoms with E-state index >= 15 is 0 Å². The van der Waals surface area contributed by atoms with Gasteiger partial charge in [-0.2, -0.15) is 0 Å². The Labute approximate surface area is 185 Å². The van der Waals surface area contributed by atoms with Crippen molar-refractivity contribution in [1.29, 1.82) is 0 Å². The number of ether oxygens (including phenoxy) is 2. The number of esters is 1. The Bertz CT molecular complexity index is 1210. The van der Waals surface area contributed by atoms with E-state index in [1.807, 2.05) is 54.0 Å². The van der Waals surface area contributed by atoms with Crippen LogP contribution in [0.5, 0.6) is 5.75 Å². The molecule has 0 bridgehead atoms. The lowest BCUT2D eigenvalue weighted by molar-refractivity contribution is -0.140. The van der Waals surface area contributed by atoms with Gasteiger partial charge in [-0.05, 0) is 24.1 Å². The Morgan fingerprint density at radius 1 is 1.06 bits per heavy atom. The van der Waals surface area contributed by atoms with Gasteiger partial charge in [0.15, 0.2) is 0 Å². The van der Waals surface area contributed by atoms with Crippen LogP contribution in [0.3, 0.4) is 0 Å². The number of hydrogen-bond acceptors (Lipinski definition) is 6. The summed E-state index contributed by atoms with van der Waals surface area (Å²) in [4.78, 5) is 21.4. The quantitative estimate of drug-likeness (QED) is 0.228. The van der Waals surface area contributed by atoms with Gasteiger partial charge >= 0.3 is 5.97 Å².